The van der Waals surface area contributed by atoms with E-state index in [1.54, 1.807) is 6.07 Å². The Hall–Kier alpha value is -4.10. The van der Waals surface area contributed by atoms with E-state index in [1.165, 1.54) is 16.7 Å². The van der Waals surface area contributed by atoms with Crippen LogP contribution in [0.1, 0.15) is 85.9 Å². The SMILES string of the molecule is [2H]c1c([2H])c([2H])c(-c2cccc(Nc3c(-c4ccc(C(C)(C)C)cc4)cccc3-c3ccc(C(C)(C)C)cc3C(C)(C)C)c2)c([2H])c1[2H]. The van der Waals surface area contributed by atoms with Crippen LogP contribution in [0.5, 0.6) is 0 Å². The van der Waals surface area contributed by atoms with Gasteiger partial charge in [0.25, 0.3) is 0 Å². The highest BCUT2D eigenvalue weighted by Gasteiger charge is 2.25. The maximum absolute atomic E-state index is 8.57. The molecule has 0 aliphatic rings. The van der Waals surface area contributed by atoms with Gasteiger partial charge < -0.3 is 5.32 Å². The van der Waals surface area contributed by atoms with Crippen LogP contribution in [-0.2, 0) is 16.2 Å². The number of para-hydroxylation sites is 1. The van der Waals surface area contributed by atoms with E-state index in [9.17, 15) is 0 Å². The van der Waals surface area contributed by atoms with E-state index in [1.807, 2.05) is 18.2 Å². The molecule has 0 amide bonds. The van der Waals surface area contributed by atoms with Crippen LogP contribution in [0.15, 0.2) is 115 Å². The van der Waals surface area contributed by atoms with Crippen molar-refractivity contribution in [2.75, 3.05) is 5.32 Å². The van der Waals surface area contributed by atoms with Gasteiger partial charge in [0.1, 0.15) is 0 Å². The molecule has 0 heterocycles. The Kier molecular flexibility index (Phi) is 6.53. The van der Waals surface area contributed by atoms with Crippen LogP contribution in [0, 0.1) is 0 Å². The molecule has 0 aliphatic carbocycles. The monoisotopic (exact) mass is 570 g/mol. The van der Waals surface area contributed by atoms with Crippen molar-refractivity contribution in [3.8, 4) is 33.4 Å². The second-order valence-corrected chi connectivity index (χ2v) is 14.5. The number of rotatable bonds is 5. The highest BCUT2D eigenvalue weighted by Crippen LogP contribution is 2.44. The molecular formula is C42H47N. The Labute approximate surface area is 267 Å². The van der Waals surface area contributed by atoms with E-state index in [2.05, 4.69) is 128 Å². The minimum Gasteiger partial charge on any atom is -0.354 e. The van der Waals surface area contributed by atoms with Crippen LogP contribution in [0.2, 0.25) is 0 Å². The van der Waals surface area contributed by atoms with Crippen LogP contribution in [0.25, 0.3) is 33.4 Å². The number of anilines is 2. The molecule has 5 aromatic carbocycles. The van der Waals surface area contributed by atoms with Gasteiger partial charge in [-0.05, 0) is 67.3 Å². The molecule has 0 unspecified atom stereocenters. The van der Waals surface area contributed by atoms with Gasteiger partial charge in [0.15, 0.2) is 0 Å². The molecule has 0 atom stereocenters. The van der Waals surface area contributed by atoms with Crippen molar-refractivity contribution < 1.29 is 6.85 Å². The van der Waals surface area contributed by atoms with Crippen LogP contribution in [0.4, 0.5) is 11.4 Å². The predicted octanol–water partition coefficient (Wildman–Crippen LogP) is 12.3. The summed E-state index contributed by atoms with van der Waals surface area (Å²) in [6.07, 6.45) is 0. The van der Waals surface area contributed by atoms with Gasteiger partial charge in [-0.25, -0.2) is 0 Å². The number of nitrogens with one attached hydrogen (secondary N) is 1. The zero-order valence-electron chi connectivity index (χ0n) is 32.1. The molecule has 1 heteroatoms. The summed E-state index contributed by atoms with van der Waals surface area (Å²) in [7, 11) is 0. The van der Waals surface area contributed by atoms with E-state index in [0.717, 1.165) is 33.6 Å². The number of hydrogen-bond donors (Lipinski definition) is 1. The van der Waals surface area contributed by atoms with Crippen molar-refractivity contribution in [3.63, 3.8) is 0 Å². The molecule has 220 valence electrons. The van der Waals surface area contributed by atoms with Gasteiger partial charge in [-0.15, -0.1) is 0 Å². The third kappa shape index (κ3) is 6.78. The first kappa shape index (κ1) is 24.4. The number of benzene rings is 5. The summed E-state index contributed by atoms with van der Waals surface area (Å²) in [6.45, 7) is 20.1. The lowest BCUT2D eigenvalue weighted by atomic mass is 9.76. The third-order valence-electron chi connectivity index (χ3n) is 8.03. The van der Waals surface area contributed by atoms with Gasteiger partial charge in [0.2, 0.25) is 0 Å². The summed E-state index contributed by atoms with van der Waals surface area (Å²) in [5, 5.41) is 3.74. The van der Waals surface area contributed by atoms with Gasteiger partial charge in [-0.2, -0.15) is 0 Å². The summed E-state index contributed by atoms with van der Waals surface area (Å²) < 4.78 is 41.6. The van der Waals surface area contributed by atoms with Crippen LogP contribution >= 0.6 is 0 Å². The molecule has 43 heavy (non-hydrogen) atoms. The molecule has 0 spiro atoms. The molecule has 0 radical (unpaired) electrons. The second-order valence-electron chi connectivity index (χ2n) is 14.5. The summed E-state index contributed by atoms with van der Waals surface area (Å²) in [5.41, 5.74) is 10.5. The fraction of sp³-hybridized carbons (Fsp3) is 0.286. The average molecular weight is 571 g/mol. The summed E-state index contributed by atoms with van der Waals surface area (Å²) in [6, 6.07) is 28.0. The van der Waals surface area contributed by atoms with Gasteiger partial charge in [-0.3, -0.25) is 0 Å². The maximum Gasteiger partial charge on any atom is 0.0629 e. The molecule has 0 saturated carbocycles. The standard InChI is InChI=1S/C42H47N/c1-40(2,3)32-23-21-30(22-24-32)35-19-14-20-37(36-26-25-33(41(4,5)6)28-38(36)42(7,8)9)39(35)43-34-18-13-17-31(27-34)29-15-11-10-12-16-29/h10-28,43H,1-9H3/i10D,11D,12D,15D,16D. The first-order chi connectivity index (χ1) is 22.3. The van der Waals surface area contributed by atoms with Crippen molar-refractivity contribution in [2.24, 2.45) is 0 Å². The second kappa shape index (κ2) is 11.5. The van der Waals surface area contributed by atoms with Gasteiger partial charge >= 0.3 is 0 Å². The lowest BCUT2D eigenvalue weighted by Crippen LogP contribution is -2.17. The summed E-state index contributed by atoms with van der Waals surface area (Å²) >= 11 is 0. The Morgan fingerprint density at radius 1 is 0.488 bits per heavy atom. The Bertz CT molecular complexity index is 1960. The van der Waals surface area contributed by atoms with Crippen LogP contribution < -0.4 is 5.32 Å². The molecule has 0 saturated heterocycles. The highest BCUT2D eigenvalue weighted by atomic mass is 14.9. The van der Waals surface area contributed by atoms with Gasteiger partial charge in [0.05, 0.1) is 12.5 Å². The molecule has 0 fully saturated rings. The molecule has 1 N–H and O–H groups in total. The minimum atomic E-state index is -0.397. The van der Waals surface area contributed by atoms with E-state index < -0.39 is 6.04 Å². The first-order valence-electron chi connectivity index (χ1n) is 17.6. The molecule has 0 bridgehead atoms. The Morgan fingerprint density at radius 2 is 1.09 bits per heavy atom. The van der Waals surface area contributed by atoms with E-state index in [0.29, 0.717) is 5.56 Å². The lowest BCUT2D eigenvalue weighted by molar-refractivity contribution is 0.570. The quantitative estimate of drug-likeness (QED) is 0.222. The van der Waals surface area contributed by atoms with Crippen molar-refractivity contribution in [1.82, 2.24) is 0 Å². The molecule has 5 rings (SSSR count). The third-order valence-corrected chi connectivity index (χ3v) is 8.03. The van der Waals surface area contributed by atoms with Crippen molar-refractivity contribution in [3.05, 3.63) is 132 Å². The zero-order valence-corrected chi connectivity index (χ0v) is 27.1. The molecule has 5 aromatic rings. The lowest BCUT2D eigenvalue weighted by Gasteiger charge is -2.29. The summed E-state index contributed by atoms with van der Waals surface area (Å²) in [5.74, 6) is 0. The fourth-order valence-corrected chi connectivity index (χ4v) is 5.46. The number of hydrogen-bond acceptors (Lipinski definition) is 1. The van der Waals surface area contributed by atoms with E-state index >= 15 is 0 Å². The maximum atomic E-state index is 8.57. The molecule has 1 nitrogen and oxygen atoms in total. The normalized spacial score (nSPS) is 13.9. The minimum absolute atomic E-state index is 0.0000969. The zero-order chi connectivity index (χ0) is 35.3. The van der Waals surface area contributed by atoms with E-state index in [-0.39, 0.29) is 46.0 Å². The van der Waals surface area contributed by atoms with Crippen LogP contribution in [0.3, 0.4) is 0 Å². The van der Waals surface area contributed by atoms with Crippen LogP contribution in [-0.4, -0.2) is 0 Å². The van der Waals surface area contributed by atoms with Gasteiger partial charge in [0, 0.05) is 16.8 Å². The first-order valence-corrected chi connectivity index (χ1v) is 15.1. The fourth-order valence-electron chi connectivity index (χ4n) is 5.46. The van der Waals surface area contributed by atoms with Crippen molar-refractivity contribution >= 4 is 11.4 Å². The Balaban J connectivity index is 1.75. The van der Waals surface area contributed by atoms with E-state index in [4.69, 9.17) is 6.85 Å². The topological polar surface area (TPSA) is 12.0 Å². The largest absolute Gasteiger partial charge is 0.354 e. The molecule has 0 aliphatic heterocycles. The Morgan fingerprint density at radius 3 is 1.72 bits per heavy atom. The predicted molar refractivity (Wildman–Crippen MR) is 189 cm³/mol. The summed E-state index contributed by atoms with van der Waals surface area (Å²) in [4.78, 5) is 0. The molecule has 0 aromatic heterocycles. The van der Waals surface area contributed by atoms with Crippen molar-refractivity contribution in [2.45, 2.75) is 78.6 Å². The van der Waals surface area contributed by atoms with Gasteiger partial charge in [-0.1, -0.05) is 165 Å². The average Bonchev–Trinajstić information content (AvgIpc) is 3.02. The smallest absolute Gasteiger partial charge is 0.0629 e. The highest BCUT2D eigenvalue weighted by molar-refractivity contribution is 5.94. The van der Waals surface area contributed by atoms with Crippen molar-refractivity contribution in [1.29, 1.82) is 0 Å². The molecular weight excluding hydrogens is 518 g/mol.